The van der Waals surface area contributed by atoms with Crippen LogP contribution in [0.25, 0.3) is 0 Å². The van der Waals surface area contributed by atoms with Gasteiger partial charge in [-0.3, -0.25) is 4.79 Å². The van der Waals surface area contributed by atoms with E-state index in [1.54, 1.807) is 0 Å². The van der Waals surface area contributed by atoms with E-state index in [1.165, 1.54) is 11.3 Å². The van der Waals surface area contributed by atoms with E-state index < -0.39 is 0 Å². The zero-order chi connectivity index (χ0) is 12.1. The summed E-state index contributed by atoms with van der Waals surface area (Å²) in [5, 5.41) is 2.95. The molecule has 90 valence electrons. The molecular weight excluding hydrogens is 286 g/mol. The van der Waals surface area contributed by atoms with E-state index in [2.05, 4.69) is 35.1 Å². The Bertz CT molecular complexity index is 340. The van der Waals surface area contributed by atoms with Gasteiger partial charge in [-0.1, -0.05) is 13.8 Å². The minimum Gasteiger partial charge on any atom is -0.351 e. The highest BCUT2D eigenvalue weighted by atomic mass is 79.9. The first kappa shape index (κ1) is 13.7. The zero-order valence-electron chi connectivity index (χ0n) is 9.97. The van der Waals surface area contributed by atoms with E-state index in [9.17, 15) is 4.79 Å². The normalized spacial score (nSPS) is 10.8. The molecule has 1 rings (SSSR count). The van der Waals surface area contributed by atoms with Gasteiger partial charge in [0.05, 0.1) is 8.66 Å². The van der Waals surface area contributed by atoms with Crippen molar-refractivity contribution in [3.05, 3.63) is 20.3 Å². The lowest BCUT2D eigenvalue weighted by atomic mass is 10.1. The van der Waals surface area contributed by atoms with E-state index in [1.807, 2.05) is 13.0 Å². The minimum absolute atomic E-state index is 0.0440. The van der Waals surface area contributed by atoms with Crippen LogP contribution in [0.3, 0.4) is 0 Å². The zero-order valence-corrected chi connectivity index (χ0v) is 12.4. The maximum atomic E-state index is 11.7. The number of rotatable bonds is 5. The molecule has 1 amide bonds. The molecule has 0 aliphatic rings. The molecule has 0 saturated carbocycles. The Balaban J connectivity index is 2.35. The molecule has 1 aromatic heterocycles. The molecule has 0 aliphatic carbocycles. The number of aryl methyl sites for hydroxylation is 1. The van der Waals surface area contributed by atoms with Crippen molar-refractivity contribution in [1.29, 1.82) is 0 Å². The summed E-state index contributed by atoms with van der Waals surface area (Å²) in [4.78, 5) is 12.5. The lowest BCUT2D eigenvalue weighted by molar-refractivity contribution is 0.0956. The molecule has 1 heterocycles. The molecule has 0 fully saturated rings. The summed E-state index contributed by atoms with van der Waals surface area (Å²) < 4.78 is 1.04. The van der Waals surface area contributed by atoms with Gasteiger partial charge >= 0.3 is 0 Å². The predicted octanol–water partition coefficient (Wildman–Crippen LogP) is 3.99. The van der Waals surface area contributed by atoms with Crippen molar-refractivity contribution in [2.75, 3.05) is 6.54 Å². The largest absolute Gasteiger partial charge is 0.351 e. The first-order valence-corrected chi connectivity index (χ1v) is 7.15. The summed E-state index contributed by atoms with van der Waals surface area (Å²) in [6, 6.07) is 1.92. The molecule has 0 unspecified atom stereocenters. The van der Waals surface area contributed by atoms with Crippen LogP contribution in [-0.4, -0.2) is 12.5 Å². The van der Waals surface area contributed by atoms with Crippen LogP contribution in [0, 0.1) is 12.8 Å². The molecule has 0 saturated heterocycles. The summed E-state index contributed by atoms with van der Waals surface area (Å²) in [5.74, 6) is 0.748. The summed E-state index contributed by atoms with van der Waals surface area (Å²) in [5.41, 5.74) is 1.12. The Hall–Kier alpha value is -0.350. The van der Waals surface area contributed by atoms with Gasteiger partial charge in [-0.15, -0.1) is 11.3 Å². The van der Waals surface area contributed by atoms with Gasteiger partial charge in [-0.05, 0) is 53.2 Å². The molecule has 1 N–H and O–H groups in total. The number of halogens is 1. The lowest BCUT2D eigenvalue weighted by Crippen LogP contribution is -2.23. The van der Waals surface area contributed by atoms with Gasteiger partial charge < -0.3 is 5.32 Å². The van der Waals surface area contributed by atoms with E-state index in [0.717, 1.165) is 33.6 Å². The summed E-state index contributed by atoms with van der Waals surface area (Å²) in [7, 11) is 0. The van der Waals surface area contributed by atoms with E-state index in [0.29, 0.717) is 5.92 Å². The number of hydrogen-bond donors (Lipinski definition) is 1. The summed E-state index contributed by atoms with van der Waals surface area (Å²) in [6.45, 7) is 7.16. The number of nitrogens with one attached hydrogen (secondary N) is 1. The van der Waals surface area contributed by atoms with Crippen LogP contribution in [0.4, 0.5) is 0 Å². The Morgan fingerprint density at radius 2 is 2.25 bits per heavy atom. The Morgan fingerprint density at radius 3 is 2.75 bits per heavy atom. The number of thiophene rings is 1. The first-order valence-electron chi connectivity index (χ1n) is 5.55. The van der Waals surface area contributed by atoms with Crippen LogP contribution < -0.4 is 5.32 Å². The molecule has 16 heavy (non-hydrogen) atoms. The highest BCUT2D eigenvalue weighted by Crippen LogP contribution is 2.27. The number of carbonyl (C=O) groups is 1. The fourth-order valence-electron chi connectivity index (χ4n) is 1.37. The fourth-order valence-corrected chi connectivity index (χ4v) is 2.82. The smallest absolute Gasteiger partial charge is 0.261 e. The quantitative estimate of drug-likeness (QED) is 0.819. The standard InChI is InChI=1S/C12H18BrNOS/c1-8(2)5-4-6-14-12(15)10-7-9(3)11(13)16-10/h7-8H,4-6H2,1-3H3,(H,14,15). The van der Waals surface area contributed by atoms with Crippen LogP contribution in [-0.2, 0) is 0 Å². The Morgan fingerprint density at radius 1 is 1.56 bits per heavy atom. The molecule has 4 heteroatoms. The molecule has 2 nitrogen and oxygen atoms in total. The highest BCUT2D eigenvalue weighted by Gasteiger charge is 2.10. The maximum Gasteiger partial charge on any atom is 0.261 e. The maximum absolute atomic E-state index is 11.7. The average Bonchev–Trinajstić information content (AvgIpc) is 2.54. The van der Waals surface area contributed by atoms with Crippen LogP contribution >= 0.6 is 27.3 Å². The van der Waals surface area contributed by atoms with Crippen molar-refractivity contribution in [2.24, 2.45) is 5.92 Å². The summed E-state index contributed by atoms with van der Waals surface area (Å²) >= 11 is 4.92. The van der Waals surface area contributed by atoms with E-state index >= 15 is 0 Å². The second-order valence-corrected chi connectivity index (χ2v) is 6.73. The predicted molar refractivity (Wildman–Crippen MR) is 73.2 cm³/mol. The van der Waals surface area contributed by atoms with Gasteiger partial charge in [0.2, 0.25) is 0 Å². The van der Waals surface area contributed by atoms with Crippen LogP contribution in [0.1, 0.15) is 41.9 Å². The second-order valence-electron chi connectivity index (χ2n) is 4.36. The van der Waals surface area contributed by atoms with E-state index in [-0.39, 0.29) is 5.91 Å². The number of amides is 1. The van der Waals surface area contributed by atoms with Crippen molar-refractivity contribution >= 4 is 33.2 Å². The third kappa shape index (κ3) is 4.26. The van der Waals surface area contributed by atoms with Crippen molar-refractivity contribution < 1.29 is 4.79 Å². The highest BCUT2D eigenvalue weighted by molar-refractivity contribution is 9.11. The number of carbonyl (C=O) groups excluding carboxylic acids is 1. The monoisotopic (exact) mass is 303 g/mol. The molecule has 0 spiro atoms. The molecule has 0 atom stereocenters. The van der Waals surface area contributed by atoms with Gasteiger partial charge in [0.15, 0.2) is 0 Å². The van der Waals surface area contributed by atoms with Crippen molar-refractivity contribution in [2.45, 2.75) is 33.6 Å². The second kappa shape index (κ2) is 6.40. The molecule has 0 radical (unpaired) electrons. The number of hydrogen-bond acceptors (Lipinski definition) is 2. The molecule has 0 bridgehead atoms. The van der Waals surface area contributed by atoms with Gasteiger partial charge in [-0.2, -0.15) is 0 Å². The van der Waals surface area contributed by atoms with Crippen LogP contribution in [0.15, 0.2) is 9.85 Å². The topological polar surface area (TPSA) is 29.1 Å². The average molecular weight is 304 g/mol. The molecule has 0 aromatic carbocycles. The molecule has 0 aliphatic heterocycles. The van der Waals surface area contributed by atoms with Gasteiger partial charge in [-0.25, -0.2) is 0 Å². The van der Waals surface area contributed by atoms with Gasteiger partial charge in [0.25, 0.3) is 5.91 Å². The van der Waals surface area contributed by atoms with Crippen LogP contribution in [0.5, 0.6) is 0 Å². The summed E-state index contributed by atoms with van der Waals surface area (Å²) in [6.07, 6.45) is 2.21. The van der Waals surface area contributed by atoms with Crippen LogP contribution in [0.2, 0.25) is 0 Å². The molecular formula is C12H18BrNOS. The Labute approximate surface area is 110 Å². The van der Waals surface area contributed by atoms with E-state index in [4.69, 9.17) is 0 Å². The molecule has 1 aromatic rings. The van der Waals surface area contributed by atoms with Crippen molar-refractivity contribution in [1.82, 2.24) is 5.32 Å². The van der Waals surface area contributed by atoms with Gasteiger partial charge in [0, 0.05) is 6.54 Å². The first-order chi connectivity index (χ1) is 7.50. The third-order valence-corrected chi connectivity index (χ3v) is 4.46. The lowest BCUT2D eigenvalue weighted by Gasteiger charge is -2.05. The van der Waals surface area contributed by atoms with Crippen molar-refractivity contribution in [3.63, 3.8) is 0 Å². The van der Waals surface area contributed by atoms with Gasteiger partial charge in [0.1, 0.15) is 0 Å². The van der Waals surface area contributed by atoms with Crippen molar-refractivity contribution in [3.8, 4) is 0 Å². The third-order valence-electron chi connectivity index (χ3n) is 2.32. The minimum atomic E-state index is 0.0440. The Kier molecular flexibility index (Phi) is 5.49. The fraction of sp³-hybridized carbons (Fsp3) is 0.583. The SMILES string of the molecule is Cc1cc(C(=O)NCCCC(C)C)sc1Br.